The maximum Gasteiger partial charge on any atom is 0.236 e. The van der Waals surface area contributed by atoms with E-state index in [1.165, 1.54) is 4.90 Å². The largest absolute Gasteiger partial charge is 0.339 e. The van der Waals surface area contributed by atoms with Crippen LogP contribution in [0.1, 0.15) is 0 Å². The van der Waals surface area contributed by atoms with Crippen LogP contribution in [0, 0.1) is 0 Å². The van der Waals surface area contributed by atoms with Crippen LogP contribution in [0.3, 0.4) is 0 Å². The lowest BCUT2D eigenvalue weighted by Crippen LogP contribution is -2.49. The molecule has 1 saturated heterocycles. The number of thioether (sulfide) groups is 1. The number of carbonyl (C=O) groups is 1. The number of carbonyl (C=O) groups excluding carboxylic acids is 1. The molecular formula is C15H24ClN3OS. The molecule has 4 nitrogen and oxygen atoms in total. The van der Waals surface area contributed by atoms with Crippen LogP contribution in [-0.4, -0.2) is 67.8 Å². The second kappa shape index (κ2) is 10.1. The average Bonchev–Trinajstić information content (AvgIpc) is 2.49. The normalized spacial score (nSPS) is 14.9. The van der Waals surface area contributed by atoms with Gasteiger partial charge in [-0.2, -0.15) is 0 Å². The number of nitrogens with one attached hydrogen (secondary N) is 1. The number of rotatable bonds is 6. The van der Waals surface area contributed by atoms with Crippen molar-refractivity contribution in [3.63, 3.8) is 0 Å². The van der Waals surface area contributed by atoms with Crippen molar-refractivity contribution in [2.45, 2.75) is 4.90 Å². The molecule has 1 amide bonds. The van der Waals surface area contributed by atoms with Gasteiger partial charge in [0.25, 0.3) is 0 Å². The summed E-state index contributed by atoms with van der Waals surface area (Å²) in [6, 6.07) is 10.4. The first-order chi connectivity index (χ1) is 9.75. The van der Waals surface area contributed by atoms with E-state index < -0.39 is 0 Å². The number of benzene rings is 1. The number of amides is 1. The van der Waals surface area contributed by atoms with Gasteiger partial charge in [-0.25, -0.2) is 0 Å². The van der Waals surface area contributed by atoms with E-state index in [2.05, 4.69) is 34.5 Å². The highest BCUT2D eigenvalue weighted by Crippen LogP contribution is 2.16. The van der Waals surface area contributed by atoms with Crippen molar-refractivity contribution < 1.29 is 4.79 Å². The molecule has 1 aliphatic heterocycles. The summed E-state index contributed by atoms with van der Waals surface area (Å²) in [6.45, 7) is 4.96. The zero-order valence-corrected chi connectivity index (χ0v) is 14.1. The molecule has 1 N–H and O–H groups in total. The molecule has 0 bridgehead atoms. The summed E-state index contributed by atoms with van der Waals surface area (Å²) in [5.74, 6) is 1.26. The summed E-state index contributed by atoms with van der Waals surface area (Å²) in [6.07, 6.45) is 0. The summed E-state index contributed by atoms with van der Waals surface area (Å²) in [5, 5.41) is 3.26. The first kappa shape index (κ1) is 18.3. The zero-order chi connectivity index (χ0) is 14.2. The number of nitrogens with zero attached hydrogens (tertiary/aromatic N) is 2. The Kier molecular flexibility index (Phi) is 8.76. The van der Waals surface area contributed by atoms with Crippen LogP contribution in [0.2, 0.25) is 0 Å². The fourth-order valence-corrected chi connectivity index (χ4v) is 3.15. The Morgan fingerprint density at radius 2 is 1.95 bits per heavy atom. The Bertz CT molecular complexity index is 413. The lowest BCUT2D eigenvalue weighted by molar-refractivity contribution is -0.132. The van der Waals surface area contributed by atoms with Crippen molar-refractivity contribution in [3.05, 3.63) is 30.3 Å². The number of likely N-dealkylation sites (N-methyl/N-ethyl adjacent to an activating group) is 1. The minimum Gasteiger partial charge on any atom is -0.339 e. The third-order valence-corrected chi connectivity index (χ3v) is 4.35. The van der Waals surface area contributed by atoms with Gasteiger partial charge in [0.15, 0.2) is 0 Å². The van der Waals surface area contributed by atoms with Crippen LogP contribution < -0.4 is 5.32 Å². The third-order valence-electron chi connectivity index (χ3n) is 3.36. The second-order valence-electron chi connectivity index (χ2n) is 5.03. The van der Waals surface area contributed by atoms with E-state index in [1.54, 1.807) is 0 Å². The average molecular weight is 330 g/mol. The topological polar surface area (TPSA) is 35.6 Å². The van der Waals surface area contributed by atoms with Gasteiger partial charge in [-0.15, -0.1) is 24.2 Å². The van der Waals surface area contributed by atoms with Crippen molar-refractivity contribution >= 4 is 30.1 Å². The molecule has 0 saturated carbocycles. The van der Waals surface area contributed by atoms with Crippen LogP contribution in [0.4, 0.5) is 0 Å². The zero-order valence-electron chi connectivity index (χ0n) is 12.5. The molecule has 0 atom stereocenters. The molecule has 0 spiro atoms. The van der Waals surface area contributed by atoms with Crippen LogP contribution in [-0.2, 0) is 4.79 Å². The Morgan fingerprint density at radius 3 is 2.62 bits per heavy atom. The molecule has 0 unspecified atom stereocenters. The summed E-state index contributed by atoms with van der Waals surface area (Å²) < 4.78 is 0. The smallest absolute Gasteiger partial charge is 0.236 e. The highest BCUT2D eigenvalue weighted by molar-refractivity contribution is 7.99. The quantitative estimate of drug-likeness (QED) is 0.804. The van der Waals surface area contributed by atoms with Gasteiger partial charge < -0.3 is 10.2 Å². The molecule has 0 aliphatic carbocycles. The monoisotopic (exact) mass is 329 g/mol. The van der Waals surface area contributed by atoms with E-state index in [0.717, 1.165) is 38.5 Å². The number of hydrogen-bond donors (Lipinski definition) is 1. The Morgan fingerprint density at radius 1 is 1.29 bits per heavy atom. The van der Waals surface area contributed by atoms with E-state index in [1.807, 2.05) is 29.8 Å². The first-order valence-corrected chi connectivity index (χ1v) is 8.09. The van der Waals surface area contributed by atoms with Gasteiger partial charge in [0, 0.05) is 43.4 Å². The number of piperazine rings is 1. The number of halogens is 1. The van der Waals surface area contributed by atoms with Gasteiger partial charge in [0.1, 0.15) is 0 Å². The Hall–Kier alpha value is -0.750. The molecule has 1 aromatic rings. The highest BCUT2D eigenvalue weighted by Gasteiger charge is 2.17. The molecule has 0 aromatic heterocycles. The lowest BCUT2D eigenvalue weighted by Gasteiger charge is -2.29. The highest BCUT2D eigenvalue weighted by atomic mass is 35.5. The van der Waals surface area contributed by atoms with Crippen LogP contribution in [0.15, 0.2) is 35.2 Å². The third kappa shape index (κ3) is 6.70. The van der Waals surface area contributed by atoms with E-state index >= 15 is 0 Å². The molecular weight excluding hydrogens is 306 g/mol. The minimum absolute atomic E-state index is 0. The summed E-state index contributed by atoms with van der Waals surface area (Å²) >= 11 is 1.83. The maximum absolute atomic E-state index is 12.1. The Balaban J connectivity index is 0.00000220. The molecule has 1 aliphatic rings. The van der Waals surface area contributed by atoms with Crippen molar-refractivity contribution in [1.29, 1.82) is 0 Å². The SMILES string of the molecule is CN(CCSc1ccccc1)CC(=O)N1CCNCC1.Cl. The van der Waals surface area contributed by atoms with Crippen molar-refractivity contribution in [1.82, 2.24) is 15.1 Å². The van der Waals surface area contributed by atoms with Crippen molar-refractivity contribution in [2.24, 2.45) is 0 Å². The molecule has 1 aromatic carbocycles. The van der Waals surface area contributed by atoms with Crippen molar-refractivity contribution in [2.75, 3.05) is 52.1 Å². The van der Waals surface area contributed by atoms with Gasteiger partial charge in [-0.3, -0.25) is 9.69 Å². The van der Waals surface area contributed by atoms with Crippen LogP contribution in [0.5, 0.6) is 0 Å². The number of hydrogen-bond acceptors (Lipinski definition) is 4. The predicted octanol–water partition coefficient (Wildman–Crippen LogP) is 1.56. The summed E-state index contributed by atoms with van der Waals surface area (Å²) in [4.78, 5) is 17.4. The minimum atomic E-state index is 0. The molecule has 118 valence electrons. The molecule has 6 heteroatoms. The van der Waals surface area contributed by atoms with E-state index in [9.17, 15) is 4.79 Å². The first-order valence-electron chi connectivity index (χ1n) is 7.10. The van der Waals surface area contributed by atoms with Crippen LogP contribution in [0.25, 0.3) is 0 Å². The fourth-order valence-electron chi connectivity index (χ4n) is 2.16. The van der Waals surface area contributed by atoms with Gasteiger partial charge in [0.05, 0.1) is 6.54 Å². The van der Waals surface area contributed by atoms with Crippen LogP contribution >= 0.6 is 24.2 Å². The maximum atomic E-state index is 12.1. The van der Waals surface area contributed by atoms with E-state index in [0.29, 0.717) is 6.54 Å². The molecule has 1 fully saturated rings. The van der Waals surface area contributed by atoms with Gasteiger partial charge in [-0.1, -0.05) is 18.2 Å². The lowest BCUT2D eigenvalue weighted by atomic mass is 10.3. The molecule has 21 heavy (non-hydrogen) atoms. The predicted molar refractivity (Wildman–Crippen MR) is 91.4 cm³/mol. The summed E-state index contributed by atoms with van der Waals surface area (Å²) in [7, 11) is 2.02. The Labute approximate surface area is 137 Å². The van der Waals surface area contributed by atoms with Crippen molar-refractivity contribution in [3.8, 4) is 0 Å². The summed E-state index contributed by atoms with van der Waals surface area (Å²) in [5.41, 5.74) is 0. The molecule has 1 heterocycles. The van der Waals surface area contributed by atoms with E-state index in [4.69, 9.17) is 0 Å². The second-order valence-corrected chi connectivity index (χ2v) is 6.20. The molecule has 0 radical (unpaired) electrons. The fraction of sp³-hybridized carbons (Fsp3) is 0.533. The molecule has 2 rings (SSSR count). The van der Waals surface area contributed by atoms with Gasteiger partial charge >= 0.3 is 0 Å². The van der Waals surface area contributed by atoms with Gasteiger partial charge in [0.2, 0.25) is 5.91 Å². The standard InChI is InChI=1S/C15H23N3OS.ClH/c1-17(11-12-20-14-5-3-2-4-6-14)13-15(19)18-9-7-16-8-10-18;/h2-6,16H,7-13H2,1H3;1H. The van der Waals surface area contributed by atoms with Gasteiger partial charge in [-0.05, 0) is 19.2 Å². The van der Waals surface area contributed by atoms with E-state index in [-0.39, 0.29) is 18.3 Å².